The summed E-state index contributed by atoms with van der Waals surface area (Å²) in [4.78, 5) is 18.8. The number of amides is 1. The van der Waals surface area contributed by atoms with Gasteiger partial charge in [-0.25, -0.2) is 0 Å². The molecule has 2 bridgehead atoms. The fourth-order valence-electron chi connectivity index (χ4n) is 6.69. The molecule has 152 valence electrons. The molecule has 5 aliphatic rings. The third-order valence-electron chi connectivity index (χ3n) is 8.15. The van der Waals surface area contributed by atoms with Gasteiger partial charge in [0.15, 0.2) is 0 Å². The Balaban J connectivity index is 1.42. The van der Waals surface area contributed by atoms with Gasteiger partial charge in [0.25, 0.3) is 5.91 Å². The van der Waals surface area contributed by atoms with Crippen LogP contribution in [0.4, 0.5) is 0 Å². The summed E-state index contributed by atoms with van der Waals surface area (Å²) in [6.07, 6.45) is 5.55. The van der Waals surface area contributed by atoms with E-state index < -0.39 is 0 Å². The number of fused-ring (bicyclic) bond motifs is 8. The molecule has 3 saturated heterocycles. The molecule has 30 heavy (non-hydrogen) atoms. The highest BCUT2D eigenvalue weighted by atomic mass is 16.2. The second-order valence-corrected chi connectivity index (χ2v) is 9.55. The molecule has 8 rings (SSSR count). The van der Waals surface area contributed by atoms with Crippen LogP contribution in [-0.2, 0) is 19.3 Å². The Labute approximate surface area is 177 Å². The van der Waals surface area contributed by atoms with E-state index in [-0.39, 0.29) is 5.91 Å². The molecule has 3 aromatic rings. The average Bonchev–Trinajstić information content (AvgIpc) is 3.04. The number of hydrogen-bond acceptors (Lipinski definition) is 2. The van der Waals surface area contributed by atoms with E-state index in [2.05, 4.69) is 56.8 Å². The summed E-state index contributed by atoms with van der Waals surface area (Å²) in [6.45, 7) is 4.36. The van der Waals surface area contributed by atoms with Crippen molar-refractivity contribution in [3.05, 3.63) is 64.8 Å². The van der Waals surface area contributed by atoms with E-state index in [0.29, 0.717) is 12.0 Å². The van der Waals surface area contributed by atoms with Crippen LogP contribution in [0.25, 0.3) is 16.6 Å². The molecule has 1 atom stereocenters. The first-order valence-corrected chi connectivity index (χ1v) is 11.6. The maximum absolute atomic E-state index is 14.0. The minimum absolute atomic E-state index is 0.272. The van der Waals surface area contributed by atoms with Crippen molar-refractivity contribution >= 4 is 16.8 Å². The van der Waals surface area contributed by atoms with Gasteiger partial charge in [-0.15, -0.1) is 0 Å². The molecule has 4 heteroatoms. The highest BCUT2D eigenvalue weighted by Crippen LogP contribution is 2.40. The number of aryl methyl sites for hydroxylation is 2. The highest BCUT2D eigenvalue weighted by Gasteiger charge is 2.42. The average molecular weight is 398 g/mol. The Morgan fingerprint density at radius 3 is 2.47 bits per heavy atom. The molecular formula is C26H27N3O. The summed E-state index contributed by atoms with van der Waals surface area (Å²) in [6, 6.07) is 15.8. The lowest BCUT2D eigenvalue weighted by Gasteiger charge is -2.49. The van der Waals surface area contributed by atoms with E-state index in [1.165, 1.54) is 54.0 Å². The Morgan fingerprint density at radius 2 is 1.63 bits per heavy atom. The zero-order valence-corrected chi connectivity index (χ0v) is 17.3. The summed E-state index contributed by atoms with van der Waals surface area (Å²) in [5, 5.41) is 1.16. The van der Waals surface area contributed by atoms with Crippen LogP contribution in [0.5, 0.6) is 0 Å². The van der Waals surface area contributed by atoms with Gasteiger partial charge in [-0.1, -0.05) is 36.4 Å². The van der Waals surface area contributed by atoms with Gasteiger partial charge in [0, 0.05) is 42.3 Å². The number of nitrogens with zero attached hydrogens (tertiary/aromatic N) is 3. The van der Waals surface area contributed by atoms with Crippen LogP contribution in [-0.4, -0.2) is 52.5 Å². The van der Waals surface area contributed by atoms with Gasteiger partial charge in [-0.2, -0.15) is 0 Å². The van der Waals surface area contributed by atoms with Crippen LogP contribution >= 0.6 is 0 Å². The molecule has 0 N–H and O–H groups in total. The highest BCUT2D eigenvalue weighted by molar-refractivity contribution is 6.10. The van der Waals surface area contributed by atoms with Crippen LogP contribution in [0.2, 0.25) is 0 Å². The van der Waals surface area contributed by atoms with Crippen molar-refractivity contribution in [2.75, 3.05) is 26.2 Å². The predicted octanol–water partition coefficient (Wildman–Crippen LogP) is 3.82. The number of benzene rings is 2. The molecule has 2 aromatic carbocycles. The number of carbonyl (C=O) groups excluding carboxylic acids is 1. The molecule has 6 heterocycles. The van der Waals surface area contributed by atoms with E-state index in [1.54, 1.807) is 0 Å². The molecule has 1 aromatic heterocycles. The lowest BCUT2D eigenvalue weighted by molar-refractivity contribution is 0.00604. The molecule has 0 radical (unpaired) electrons. The summed E-state index contributed by atoms with van der Waals surface area (Å²) < 4.78 is 2.44. The first-order chi connectivity index (χ1) is 14.8. The van der Waals surface area contributed by atoms with E-state index in [1.807, 2.05) is 0 Å². The van der Waals surface area contributed by atoms with Gasteiger partial charge < -0.3 is 14.4 Å². The molecule has 1 amide bonds. The molecule has 1 unspecified atom stereocenters. The quantitative estimate of drug-likeness (QED) is 0.625. The summed E-state index contributed by atoms with van der Waals surface area (Å²) in [5.74, 6) is 0.956. The number of rotatable bonds is 1. The van der Waals surface area contributed by atoms with Crippen molar-refractivity contribution in [1.29, 1.82) is 0 Å². The van der Waals surface area contributed by atoms with Crippen molar-refractivity contribution in [3.8, 4) is 5.69 Å². The van der Waals surface area contributed by atoms with Gasteiger partial charge in [0.1, 0.15) is 0 Å². The maximum atomic E-state index is 14.0. The molecule has 0 saturated carbocycles. The minimum atomic E-state index is 0.272. The van der Waals surface area contributed by atoms with E-state index in [9.17, 15) is 4.79 Å². The van der Waals surface area contributed by atoms with E-state index in [4.69, 9.17) is 0 Å². The number of aromatic nitrogens is 1. The van der Waals surface area contributed by atoms with Crippen molar-refractivity contribution in [3.63, 3.8) is 0 Å². The summed E-state index contributed by atoms with van der Waals surface area (Å²) >= 11 is 0. The topological polar surface area (TPSA) is 28.5 Å². The predicted molar refractivity (Wildman–Crippen MR) is 118 cm³/mol. The molecule has 3 fully saturated rings. The molecule has 5 aliphatic heterocycles. The van der Waals surface area contributed by atoms with E-state index >= 15 is 0 Å². The number of piperidine rings is 3. The molecule has 0 aliphatic carbocycles. The molecule has 0 spiro atoms. The number of hydrogen-bond donors (Lipinski definition) is 0. The maximum Gasteiger partial charge on any atom is 0.256 e. The first-order valence-electron chi connectivity index (χ1n) is 11.6. The normalized spacial score (nSPS) is 27.1. The Bertz CT molecular complexity index is 1180. The lowest BCUT2D eigenvalue weighted by Crippen LogP contribution is -2.59. The van der Waals surface area contributed by atoms with Gasteiger partial charge in [0.05, 0.1) is 11.1 Å². The van der Waals surface area contributed by atoms with Crippen LogP contribution in [0.15, 0.2) is 42.5 Å². The van der Waals surface area contributed by atoms with Crippen LogP contribution < -0.4 is 0 Å². The fourth-order valence-corrected chi connectivity index (χ4v) is 6.69. The largest absolute Gasteiger partial charge is 0.334 e. The zero-order chi connectivity index (χ0) is 19.8. The van der Waals surface area contributed by atoms with Crippen molar-refractivity contribution < 1.29 is 4.79 Å². The lowest BCUT2D eigenvalue weighted by atomic mass is 9.82. The molecule has 4 nitrogen and oxygen atoms in total. The Morgan fingerprint density at radius 1 is 0.833 bits per heavy atom. The third-order valence-corrected chi connectivity index (χ3v) is 8.15. The fraction of sp³-hybridized carbons (Fsp3) is 0.423. The smallest absolute Gasteiger partial charge is 0.256 e. The van der Waals surface area contributed by atoms with Crippen molar-refractivity contribution in [1.82, 2.24) is 14.4 Å². The van der Waals surface area contributed by atoms with Gasteiger partial charge in [-0.3, -0.25) is 4.79 Å². The Kier molecular flexibility index (Phi) is 3.54. The standard InChI is InChI=1S/C26H27N3O/c30-26-24-20-6-3-5-19-9-8-17-4-1-2-7-21(17)29(25(19)20)22(24)12-15-28(26)23-16-27-13-10-18(23)11-14-27/h1-7,18,23H,8-16H2. The van der Waals surface area contributed by atoms with Crippen LogP contribution in [0, 0.1) is 5.92 Å². The van der Waals surface area contributed by atoms with Gasteiger partial charge in [0.2, 0.25) is 0 Å². The first kappa shape index (κ1) is 17.1. The monoisotopic (exact) mass is 397 g/mol. The van der Waals surface area contributed by atoms with Crippen LogP contribution in [0.3, 0.4) is 0 Å². The zero-order valence-electron chi connectivity index (χ0n) is 17.3. The minimum Gasteiger partial charge on any atom is -0.334 e. The van der Waals surface area contributed by atoms with Gasteiger partial charge >= 0.3 is 0 Å². The second-order valence-electron chi connectivity index (χ2n) is 9.55. The summed E-state index contributed by atoms with van der Waals surface area (Å²) in [7, 11) is 0. The van der Waals surface area contributed by atoms with Crippen molar-refractivity contribution in [2.45, 2.75) is 38.1 Å². The van der Waals surface area contributed by atoms with Crippen molar-refractivity contribution in [2.24, 2.45) is 5.92 Å². The van der Waals surface area contributed by atoms with Crippen LogP contribution in [0.1, 0.15) is 40.0 Å². The van der Waals surface area contributed by atoms with Gasteiger partial charge in [-0.05, 0) is 61.9 Å². The summed E-state index contributed by atoms with van der Waals surface area (Å²) in [5.41, 5.74) is 7.52. The Hall–Kier alpha value is -2.59. The molecular weight excluding hydrogens is 370 g/mol. The number of para-hydroxylation sites is 2. The second kappa shape index (κ2) is 6.21. The third kappa shape index (κ3) is 2.23. The SMILES string of the molecule is O=C1c2c(n3c4c(cccc24)CCc2ccccc2-3)CCN1C1CN2CCC1CC2. The number of carbonyl (C=O) groups is 1. The van der Waals surface area contributed by atoms with E-state index in [0.717, 1.165) is 43.3 Å².